The Bertz CT molecular complexity index is 2850. The molecule has 5 amide bonds. The highest BCUT2D eigenvalue weighted by atomic mass is 35.5. The van der Waals surface area contributed by atoms with Crippen LogP contribution in [0.5, 0.6) is 5.75 Å². The molecule has 24 heteroatoms. The van der Waals surface area contributed by atoms with Crippen molar-refractivity contribution in [3.8, 4) is 5.75 Å². The number of rotatable bonds is 19. The number of alkyl carbamates (subject to hydrolysis) is 1. The van der Waals surface area contributed by atoms with E-state index >= 15 is 0 Å². The zero-order valence-corrected chi connectivity index (χ0v) is 51.9. The topological polar surface area (TPSA) is 271 Å². The van der Waals surface area contributed by atoms with Crippen molar-refractivity contribution in [3.05, 3.63) is 88.0 Å². The Morgan fingerprint density at radius 1 is 0.976 bits per heavy atom. The van der Waals surface area contributed by atoms with Crippen LogP contribution < -0.4 is 20.7 Å². The normalized spacial score (nSPS) is 25.9. The fraction of sp³-hybridized carbons (Fsp3) is 0.574. The van der Waals surface area contributed by atoms with Crippen LogP contribution in [0.1, 0.15) is 109 Å². The predicted molar refractivity (Wildman–Crippen MR) is 321 cm³/mol. The molecule has 85 heavy (non-hydrogen) atoms. The highest BCUT2D eigenvalue weighted by molar-refractivity contribution is 8.13. The number of methoxy groups -OCH3 is 2. The zero-order valence-electron chi connectivity index (χ0n) is 50.3. The number of hydrogen-bond donors (Lipinski definition) is 4. The number of ketones is 2. The van der Waals surface area contributed by atoms with Gasteiger partial charge in [-0.05, 0) is 93.8 Å². The van der Waals surface area contributed by atoms with Gasteiger partial charge in [0.15, 0.2) is 11.5 Å². The quantitative estimate of drug-likeness (QED) is 0.0442. The third kappa shape index (κ3) is 18.9. The molecular weight excluding hydrogens is 1140 g/mol. The van der Waals surface area contributed by atoms with Gasteiger partial charge in [-0.1, -0.05) is 85.6 Å². The molecule has 4 aliphatic rings. The lowest BCUT2D eigenvalue weighted by molar-refractivity contribution is -0.162. The number of fused-ring (bicyclic) bond motifs is 5. The van der Waals surface area contributed by atoms with Crippen molar-refractivity contribution in [2.45, 2.75) is 160 Å². The van der Waals surface area contributed by atoms with E-state index in [0.717, 1.165) is 55.0 Å². The predicted octanol–water partition coefficient (Wildman–Crippen LogP) is 8.94. The number of anilines is 2. The number of hydrogen-bond acceptors (Lipinski definition) is 18. The highest BCUT2D eigenvalue weighted by Crippen LogP contribution is 2.49. The molecule has 466 valence electrons. The molecule has 2 heterocycles. The van der Waals surface area contributed by atoms with Gasteiger partial charge in [-0.25, -0.2) is 19.2 Å². The number of halogens is 1. The van der Waals surface area contributed by atoms with Gasteiger partial charge in [-0.2, -0.15) is 0 Å². The fourth-order valence-electron chi connectivity index (χ4n) is 10.3. The Balaban J connectivity index is 1.02. The Labute approximate surface area is 507 Å². The van der Waals surface area contributed by atoms with Gasteiger partial charge in [0.05, 0.1) is 36.2 Å². The van der Waals surface area contributed by atoms with E-state index in [4.69, 9.17) is 44.8 Å². The van der Waals surface area contributed by atoms with Crippen LogP contribution in [0, 0.1) is 5.92 Å². The van der Waals surface area contributed by atoms with Gasteiger partial charge in [0.1, 0.15) is 54.2 Å². The lowest BCUT2D eigenvalue weighted by Gasteiger charge is -2.42. The summed E-state index contributed by atoms with van der Waals surface area (Å²) in [4.78, 5) is 110. The molecular formula is C61H83ClN6O16S. The highest BCUT2D eigenvalue weighted by Gasteiger charge is 2.64. The van der Waals surface area contributed by atoms with E-state index in [2.05, 4.69) is 16.0 Å². The molecule has 0 spiro atoms. The lowest BCUT2D eigenvalue weighted by Crippen LogP contribution is -2.63. The number of allylic oxidation sites excluding steroid dienone is 4. The number of carbonyl (C=O) groups is 8. The smallest absolute Gasteiger partial charge is 0.412 e. The van der Waals surface area contributed by atoms with Gasteiger partial charge in [0.25, 0.3) is 5.24 Å². The molecule has 0 saturated carbocycles. The molecule has 4 bridgehead atoms. The Morgan fingerprint density at radius 3 is 2.46 bits per heavy atom. The summed E-state index contributed by atoms with van der Waals surface area (Å²) < 4.78 is 40.6. The molecule has 9 atom stereocenters. The number of epoxide rings is 1. The molecule has 4 N–H and O–H groups in total. The van der Waals surface area contributed by atoms with Crippen LogP contribution in [0.2, 0.25) is 5.02 Å². The summed E-state index contributed by atoms with van der Waals surface area (Å²) in [5.74, 6) is -1.84. The first-order valence-corrected chi connectivity index (χ1v) is 30.1. The maximum Gasteiger partial charge on any atom is 0.412 e. The first-order chi connectivity index (χ1) is 40.4. The minimum absolute atomic E-state index is 0.0190. The van der Waals surface area contributed by atoms with Crippen LogP contribution in [0.25, 0.3) is 0 Å². The van der Waals surface area contributed by atoms with E-state index in [1.165, 1.54) is 49.9 Å². The molecule has 22 nitrogen and oxygen atoms in total. The maximum atomic E-state index is 14.2. The van der Waals surface area contributed by atoms with E-state index in [9.17, 15) is 43.5 Å². The number of nitrogens with zero attached hydrogens (tertiary/aromatic N) is 3. The van der Waals surface area contributed by atoms with Crippen molar-refractivity contribution in [1.82, 2.24) is 20.0 Å². The van der Waals surface area contributed by atoms with Gasteiger partial charge in [0, 0.05) is 85.1 Å². The molecule has 2 aromatic carbocycles. The van der Waals surface area contributed by atoms with Crippen LogP contribution in [0.3, 0.4) is 0 Å². The van der Waals surface area contributed by atoms with Crippen molar-refractivity contribution in [2.24, 2.45) is 5.92 Å². The van der Waals surface area contributed by atoms with Crippen molar-refractivity contribution >= 4 is 81.7 Å². The molecule has 1 unspecified atom stereocenters. The number of nitrogens with one attached hydrogen (secondary N) is 3. The summed E-state index contributed by atoms with van der Waals surface area (Å²) in [6.45, 7) is 8.74. The summed E-state index contributed by atoms with van der Waals surface area (Å²) in [6, 6.07) is 7.45. The SMILES string of the molecule is CCC(=O)CNc1cc(COC(=O)N(C)CCN(C)C(=O)SCCC(=O)N(C)[C@@H](C)C(=O)O[C@H]2CC(=O)Cc3cc(cc(OC)c3Cl)C/C(C)=C/C=C/[C@@H](OC)[C@@]3(O)C[C@H](OC(=O)N3)[C@@H](C)[C@@H]3O[C@@]23C)ccc1NC(=O)OC1/C=C/CCCCC1. The molecule has 2 aromatic rings. The second-order valence-electron chi connectivity index (χ2n) is 22.3. The molecule has 2 saturated heterocycles. The summed E-state index contributed by atoms with van der Waals surface area (Å²) >= 11 is 7.67. The average Bonchev–Trinajstić information content (AvgIpc) is 1.97. The molecule has 0 aromatic heterocycles. The van der Waals surface area contributed by atoms with E-state index in [0.29, 0.717) is 41.1 Å². The van der Waals surface area contributed by atoms with Crippen molar-refractivity contribution in [2.75, 3.05) is 71.4 Å². The lowest BCUT2D eigenvalue weighted by atomic mass is 9.83. The number of amides is 5. The van der Waals surface area contributed by atoms with Crippen molar-refractivity contribution < 1.29 is 76.6 Å². The third-order valence-corrected chi connectivity index (χ3v) is 17.2. The van der Waals surface area contributed by atoms with Crippen LogP contribution >= 0.6 is 23.4 Å². The summed E-state index contributed by atoms with van der Waals surface area (Å²) in [5.41, 5.74) is 0.458. The summed E-state index contributed by atoms with van der Waals surface area (Å²) in [6.07, 6.45) is 7.65. The van der Waals surface area contributed by atoms with Gasteiger partial charge >= 0.3 is 24.2 Å². The van der Waals surface area contributed by atoms with E-state index < -0.39 is 77.9 Å². The van der Waals surface area contributed by atoms with Gasteiger partial charge in [0.2, 0.25) is 5.91 Å². The maximum absolute atomic E-state index is 14.2. The fourth-order valence-corrected chi connectivity index (χ4v) is 11.3. The minimum atomic E-state index is -1.88. The number of esters is 1. The van der Waals surface area contributed by atoms with Crippen LogP contribution in [-0.2, 0) is 67.0 Å². The van der Waals surface area contributed by atoms with E-state index in [1.807, 2.05) is 31.2 Å². The zero-order chi connectivity index (χ0) is 62.2. The first kappa shape index (κ1) is 67.5. The Kier molecular flexibility index (Phi) is 24.7. The van der Waals surface area contributed by atoms with Crippen LogP contribution in [-0.4, -0.2) is 175 Å². The molecule has 6 rings (SSSR count). The largest absolute Gasteiger partial charge is 0.495 e. The van der Waals surface area contributed by atoms with Crippen LogP contribution in [0.4, 0.5) is 30.6 Å². The average molecular weight is 1220 g/mol. The number of aliphatic hydroxyl groups is 1. The molecule has 2 aliphatic heterocycles. The number of likely N-dealkylation sites (N-methyl/N-ethyl adjacent to an activating group) is 3. The van der Waals surface area contributed by atoms with Crippen molar-refractivity contribution in [1.29, 1.82) is 0 Å². The summed E-state index contributed by atoms with van der Waals surface area (Å²) in [7, 11) is 7.41. The number of ether oxygens (including phenoxy) is 7. The number of Topliss-reactive ketones (excluding diaryl/α,β-unsaturated/α-hetero) is 2. The van der Waals surface area contributed by atoms with Crippen molar-refractivity contribution in [3.63, 3.8) is 0 Å². The first-order valence-electron chi connectivity index (χ1n) is 28.8. The third-order valence-electron chi connectivity index (χ3n) is 15.8. The van der Waals surface area contributed by atoms with Gasteiger partial charge in [-0.15, -0.1) is 0 Å². The summed E-state index contributed by atoms with van der Waals surface area (Å²) in [5, 5.41) is 20.1. The van der Waals surface area contributed by atoms with Gasteiger partial charge in [-0.3, -0.25) is 29.8 Å². The Hall–Kier alpha value is -6.66. The standard InChI is InChI=1S/C61H83ClN6O16S/c1-11-43(69)35-63-47-30-40(22-23-46(47)64-56(73)81-45-19-15-13-12-14-16-20-45)36-80-58(75)66(6)25-26-67(7)59(76)85-27-24-52(71)68(8)39(4)55(72)83-51-33-44(70)32-42-29-41(31-48(78-9)53(42)62)28-37(2)18-17-21-50(79-10)61(77)34-49(82-57(74)65-61)38(3)54-60(51,5)84-54/h15,17-19,21-23,29-31,38-39,45,49-51,54,63,77H,11-14,16,20,24-28,32-36H2,1-10H3,(H,64,73)(H,65,74)/b19-15+,21-17+,37-18+/t38-,39+,45?,49+,50-,51+,54+,60+,61+/m1/s1. The van der Waals surface area contributed by atoms with Crippen LogP contribution in [0.15, 0.2) is 66.3 Å². The van der Waals surface area contributed by atoms with Gasteiger partial charge < -0.3 is 58.3 Å². The molecule has 2 fully saturated rings. The minimum Gasteiger partial charge on any atom is -0.495 e. The second-order valence-corrected chi connectivity index (χ2v) is 23.8. The Morgan fingerprint density at radius 2 is 1.73 bits per heavy atom. The number of carbonyl (C=O) groups excluding carboxylic acids is 8. The monoisotopic (exact) mass is 1220 g/mol. The van der Waals surface area contributed by atoms with E-state index in [-0.39, 0.29) is 85.6 Å². The second kappa shape index (κ2) is 31.1. The molecule has 0 radical (unpaired) electrons. The molecule has 2 aliphatic carbocycles. The number of benzene rings is 2. The van der Waals surface area contributed by atoms with E-state index in [1.54, 1.807) is 64.2 Å². The number of thioether (sulfide) groups is 1.